The fourth-order valence-electron chi connectivity index (χ4n) is 3.42. The highest BCUT2D eigenvalue weighted by Crippen LogP contribution is 2.33. The van der Waals surface area contributed by atoms with Crippen LogP contribution in [0, 0.1) is 0 Å². The Morgan fingerprint density at radius 3 is 1.92 bits per heavy atom. The van der Waals surface area contributed by atoms with Gasteiger partial charge >= 0.3 is 0 Å². The van der Waals surface area contributed by atoms with Gasteiger partial charge in [-0.3, -0.25) is 0 Å². The molecule has 3 nitrogen and oxygen atoms in total. The zero-order chi connectivity index (χ0) is 17.7. The van der Waals surface area contributed by atoms with Gasteiger partial charge in [0.1, 0.15) is 0 Å². The first kappa shape index (κ1) is 15.5. The normalized spacial score (nSPS) is 11.5. The zero-order valence-corrected chi connectivity index (χ0v) is 15.0. The number of aromatic nitrogens is 3. The molecule has 0 aliphatic heterocycles. The molecule has 0 bridgehead atoms. The molecular weight excluding hydrogens is 365 g/mol. The summed E-state index contributed by atoms with van der Waals surface area (Å²) in [6, 6.07) is 23.2. The Morgan fingerprint density at radius 2 is 1.15 bits per heavy atom. The standard InChI is InChI=1S/C21H11Cl2N3/c22-20-24-19(25-21(23)26-20)14-7-8-16-13(11-14)6-10-17-15-4-2-1-3-12(15)5-9-18(16)17/h1-11H. The second-order valence-electron chi connectivity index (χ2n) is 6.08. The summed E-state index contributed by atoms with van der Waals surface area (Å²) in [5.74, 6) is 0.468. The van der Waals surface area contributed by atoms with Crippen LogP contribution in [0.25, 0.3) is 43.7 Å². The molecule has 124 valence electrons. The first-order valence-electron chi connectivity index (χ1n) is 8.11. The Balaban J connectivity index is 1.77. The molecule has 0 saturated heterocycles. The Kier molecular flexibility index (Phi) is 3.52. The number of nitrogens with zero attached hydrogens (tertiary/aromatic N) is 3. The Hall–Kier alpha value is -2.75. The van der Waals surface area contributed by atoms with E-state index in [0.717, 1.165) is 10.9 Å². The maximum absolute atomic E-state index is 5.91. The van der Waals surface area contributed by atoms with Gasteiger partial charge in [-0.2, -0.15) is 15.0 Å². The lowest BCUT2D eigenvalue weighted by Gasteiger charge is -2.09. The predicted molar refractivity (Wildman–Crippen MR) is 108 cm³/mol. The third-order valence-electron chi connectivity index (χ3n) is 4.58. The van der Waals surface area contributed by atoms with Crippen LogP contribution >= 0.6 is 23.2 Å². The van der Waals surface area contributed by atoms with Crippen LogP contribution in [0.3, 0.4) is 0 Å². The molecule has 4 aromatic carbocycles. The summed E-state index contributed by atoms with van der Waals surface area (Å²) in [7, 11) is 0. The van der Waals surface area contributed by atoms with E-state index in [1.165, 1.54) is 26.9 Å². The molecule has 1 aromatic heterocycles. The van der Waals surface area contributed by atoms with E-state index in [9.17, 15) is 0 Å². The van der Waals surface area contributed by atoms with Crippen LogP contribution in [-0.4, -0.2) is 15.0 Å². The molecule has 0 spiro atoms. The summed E-state index contributed by atoms with van der Waals surface area (Å²) in [5, 5.41) is 7.43. The Bertz CT molecular complexity index is 1290. The minimum Gasteiger partial charge on any atom is -0.198 e. The van der Waals surface area contributed by atoms with Crippen LogP contribution in [0.1, 0.15) is 0 Å². The third-order valence-corrected chi connectivity index (χ3v) is 4.92. The van der Waals surface area contributed by atoms with Gasteiger partial charge in [-0.05, 0) is 61.6 Å². The monoisotopic (exact) mass is 375 g/mol. The van der Waals surface area contributed by atoms with E-state index < -0.39 is 0 Å². The highest BCUT2D eigenvalue weighted by molar-refractivity contribution is 6.31. The van der Waals surface area contributed by atoms with Crippen molar-refractivity contribution in [1.82, 2.24) is 15.0 Å². The number of benzene rings is 4. The molecule has 0 aliphatic carbocycles. The van der Waals surface area contributed by atoms with Crippen molar-refractivity contribution in [3.63, 3.8) is 0 Å². The number of rotatable bonds is 1. The number of halogens is 2. The third kappa shape index (κ3) is 2.48. The maximum atomic E-state index is 5.91. The molecule has 0 fully saturated rings. The highest BCUT2D eigenvalue weighted by atomic mass is 35.5. The van der Waals surface area contributed by atoms with Gasteiger partial charge in [0.25, 0.3) is 0 Å². The average Bonchev–Trinajstić information content (AvgIpc) is 2.66. The van der Waals surface area contributed by atoms with Crippen molar-refractivity contribution in [2.75, 3.05) is 0 Å². The van der Waals surface area contributed by atoms with Gasteiger partial charge in [0, 0.05) is 5.56 Å². The van der Waals surface area contributed by atoms with E-state index in [-0.39, 0.29) is 10.6 Å². The minimum absolute atomic E-state index is 0.0880. The molecule has 5 heteroatoms. The first-order chi connectivity index (χ1) is 12.7. The van der Waals surface area contributed by atoms with Crippen LogP contribution < -0.4 is 0 Å². The number of hydrogen-bond donors (Lipinski definition) is 0. The van der Waals surface area contributed by atoms with Crippen LogP contribution in [0.15, 0.2) is 66.7 Å². The van der Waals surface area contributed by atoms with Gasteiger partial charge in [-0.25, -0.2) is 0 Å². The van der Waals surface area contributed by atoms with E-state index in [0.29, 0.717) is 5.82 Å². The van der Waals surface area contributed by atoms with Crippen LogP contribution in [0.5, 0.6) is 0 Å². The lowest BCUT2D eigenvalue weighted by molar-refractivity contribution is 1.06. The molecule has 1 heterocycles. The topological polar surface area (TPSA) is 38.7 Å². The summed E-state index contributed by atoms with van der Waals surface area (Å²) in [6.45, 7) is 0. The summed E-state index contributed by atoms with van der Waals surface area (Å²) < 4.78 is 0. The Morgan fingerprint density at radius 1 is 0.538 bits per heavy atom. The van der Waals surface area contributed by atoms with Crippen molar-refractivity contribution in [2.24, 2.45) is 0 Å². The number of hydrogen-bond acceptors (Lipinski definition) is 3. The van der Waals surface area contributed by atoms with E-state index in [2.05, 4.69) is 69.5 Å². The SMILES string of the molecule is Clc1nc(Cl)nc(-c2ccc3c(ccc4c5ccccc5ccc34)c2)n1. The lowest BCUT2D eigenvalue weighted by atomic mass is 9.96. The molecule has 0 atom stereocenters. The fraction of sp³-hybridized carbons (Fsp3) is 0. The summed E-state index contributed by atoms with van der Waals surface area (Å²) >= 11 is 11.8. The van der Waals surface area contributed by atoms with Crippen molar-refractivity contribution in [1.29, 1.82) is 0 Å². The lowest BCUT2D eigenvalue weighted by Crippen LogP contribution is -1.93. The van der Waals surface area contributed by atoms with Crippen molar-refractivity contribution in [3.05, 3.63) is 77.3 Å². The maximum Gasteiger partial charge on any atom is 0.227 e. The summed E-state index contributed by atoms with van der Waals surface area (Å²) in [4.78, 5) is 12.1. The van der Waals surface area contributed by atoms with Gasteiger partial charge in [0.05, 0.1) is 0 Å². The number of fused-ring (bicyclic) bond motifs is 5. The predicted octanol–water partition coefficient (Wildman–Crippen LogP) is 6.31. The highest BCUT2D eigenvalue weighted by Gasteiger charge is 2.09. The quantitative estimate of drug-likeness (QED) is 0.322. The second kappa shape index (κ2) is 5.90. The largest absolute Gasteiger partial charge is 0.227 e. The molecule has 0 unspecified atom stereocenters. The van der Waals surface area contributed by atoms with Gasteiger partial charge in [0.2, 0.25) is 10.6 Å². The first-order valence-corrected chi connectivity index (χ1v) is 8.86. The molecule has 0 saturated carbocycles. The minimum atomic E-state index is 0.0880. The van der Waals surface area contributed by atoms with Crippen molar-refractivity contribution >= 4 is 55.5 Å². The van der Waals surface area contributed by atoms with Gasteiger partial charge in [-0.15, -0.1) is 0 Å². The smallest absolute Gasteiger partial charge is 0.198 e. The summed E-state index contributed by atoms with van der Waals surface area (Å²) in [6.07, 6.45) is 0. The van der Waals surface area contributed by atoms with Crippen LogP contribution in [-0.2, 0) is 0 Å². The van der Waals surface area contributed by atoms with Crippen LogP contribution in [0.4, 0.5) is 0 Å². The molecule has 0 aliphatic rings. The van der Waals surface area contributed by atoms with E-state index in [1.807, 2.05) is 12.1 Å². The fourth-order valence-corrected chi connectivity index (χ4v) is 3.79. The second-order valence-corrected chi connectivity index (χ2v) is 6.76. The van der Waals surface area contributed by atoms with Crippen molar-refractivity contribution in [3.8, 4) is 11.4 Å². The van der Waals surface area contributed by atoms with Crippen molar-refractivity contribution in [2.45, 2.75) is 0 Å². The Labute approximate surface area is 159 Å². The zero-order valence-electron chi connectivity index (χ0n) is 13.4. The molecule has 5 rings (SSSR count). The van der Waals surface area contributed by atoms with E-state index >= 15 is 0 Å². The molecule has 5 aromatic rings. The van der Waals surface area contributed by atoms with Gasteiger partial charge < -0.3 is 0 Å². The molecule has 0 N–H and O–H groups in total. The van der Waals surface area contributed by atoms with Gasteiger partial charge in [-0.1, -0.05) is 60.7 Å². The van der Waals surface area contributed by atoms with Crippen LogP contribution in [0.2, 0.25) is 10.6 Å². The molecule has 0 radical (unpaired) electrons. The molecule has 26 heavy (non-hydrogen) atoms. The molecule has 0 amide bonds. The van der Waals surface area contributed by atoms with E-state index in [1.54, 1.807) is 0 Å². The summed E-state index contributed by atoms with van der Waals surface area (Å²) in [5.41, 5.74) is 0.851. The molecular formula is C21H11Cl2N3. The van der Waals surface area contributed by atoms with Crippen molar-refractivity contribution < 1.29 is 0 Å². The van der Waals surface area contributed by atoms with Gasteiger partial charge in [0.15, 0.2) is 5.82 Å². The average molecular weight is 376 g/mol. The van der Waals surface area contributed by atoms with E-state index in [4.69, 9.17) is 23.2 Å².